The average molecular weight is 833 g/mol. The Balaban J connectivity index is 0.000000133. The number of aromatic amines is 3. The summed E-state index contributed by atoms with van der Waals surface area (Å²) >= 11 is 0. The van der Waals surface area contributed by atoms with Gasteiger partial charge in [0.1, 0.15) is 0 Å². The van der Waals surface area contributed by atoms with Gasteiger partial charge in [-0.2, -0.15) is 0 Å². The Bertz CT molecular complexity index is 2480. The average Bonchev–Trinajstić information content (AvgIpc) is 4.09. The molecule has 3 unspecified atom stereocenters. The van der Waals surface area contributed by atoms with Gasteiger partial charge in [-0.15, -0.1) is 12.4 Å². The van der Waals surface area contributed by atoms with E-state index in [0.717, 1.165) is 75.4 Å². The van der Waals surface area contributed by atoms with Crippen LogP contribution in [0.5, 0.6) is 0 Å². The quantitative estimate of drug-likeness (QED) is 0.130. The summed E-state index contributed by atoms with van der Waals surface area (Å²) in [5.41, 5.74) is 13.1. The number of rotatable bonds is 6. The van der Waals surface area contributed by atoms with Crippen molar-refractivity contribution in [2.45, 2.75) is 111 Å². The molecular weight excluding hydrogens is 770 g/mol. The monoisotopic (exact) mass is 831 g/mol. The van der Waals surface area contributed by atoms with Gasteiger partial charge in [0, 0.05) is 78.6 Å². The highest BCUT2D eigenvalue weighted by Gasteiger charge is 2.32. The molecule has 10 heterocycles. The Morgan fingerprint density at radius 2 is 0.867 bits per heavy atom. The second-order valence-corrected chi connectivity index (χ2v) is 16.4. The number of nitrogens with zero attached hydrogens (tertiary/aromatic N) is 9. The summed E-state index contributed by atoms with van der Waals surface area (Å²) in [5.74, 6) is 4.16. The molecule has 2 saturated carbocycles. The van der Waals surface area contributed by atoms with Crippen molar-refractivity contribution < 1.29 is 0 Å². The van der Waals surface area contributed by atoms with Crippen LogP contribution < -0.4 is 5.32 Å². The summed E-state index contributed by atoms with van der Waals surface area (Å²) in [6.07, 6.45) is 29.2. The molecule has 318 valence electrons. The smallest absolute Gasteiger partial charge is 0.156 e. The highest BCUT2D eigenvalue weighted by atomic mass is 35.5. The molecule has 1 aliphatic heterocycles. The molecular formula is C46H62ClN13. The van der Waals surface area contributed by atoms with Gasteiger partial charge >= 0.3 is 0 Å². The van der Waals surface area contributed by atoms with E-state index < -0.39 is 0 Å². The van der Waals surface area contributed by atoms with Crippen molar-refractivity contribution in [3.8, 4) is 0 Å². The van der Waals surface area contributed by atoms with Crippen LogP contribution in [0.3, 0.4) is 0 Å². The second-order valence-electron chi connectivity index (χ2n) is 16.4. The van der Waals surface area contributed by atoms with Gasteiger partial charge in [-0.3, -0.25) is 13.2 Å². The van der Waals surface area contributed by atoms with Gasteiger partial charge in [-0.1, -0.05) is 67.7 Å². The highest BCUT2D eigenvalue weighted by molar-refractivity contribution is 5.85. The van der Waals surface area contributed by atoms with Crippen LogP contribution in [0.1, 0.15) is 128 Å². The van der Waals surface area contributed by atoms with Crippen molar-refractivity contribution in [3.63, 3.8) is 0 Å². The fourth-order valence-corrected chi connectivity index (χ4v) is 10.6. The number of fused-ring (bicyclic) bond motifs is 9. The minimum atomic E-state index is 0. The molecule has 4 N–H and O–H groups in total. The maximum Gasteiger partial charge on any atom is 0.156 e. The standard InChI is InChI=1S/2C15H18N4.C14H17N5.2CH4.ClH/c2*1-2-10-4-3-5-11(10)13-8-17-14-9-18-15-12(19(13)14)6-7-16-15;1-2-9-5-15-6-10(9)12-7-17-13-8-18-14-11(19(12)13)3-4-16-14;;;/h2*6-11,16H,2-5H2,1H3;3-4,7-10,15-16H,2,5-6H2,1H3;2*1H4;1H/t2*10-,11?;9-,10?;;;/m111.../s1. The van der Waals surface area contributed by atoms with E-state index in [1.807, 2.05) is 43.4 Å². The van der Waals surface area contributed by atoms with Crippen LogP contribution in [0.4, 0.5) is 0 Å². The number of imidazole rings is 3. The van der Waals surface area contributed by atoms with Gasteiger partial charge in [0.15, 0.2) is 33.9 Å². The highest BCUT2D eigenvalue weighted by Crippen LogP contribution is 2.43. The van der Waals surface area contributed by atoms with Crippen molar-refractivity contribution in [2.75, 3.05) is 13.1 Å². The summed E-state index contributed by atoms with van der Waals surface area (Å²) in [4.78, 5) is 36.4. The number of aromatic nitrogens is 12. The number of hydrogen-bond donors (Lipinski definition) is 4. The van der Waals surface area contributed by atoms with E-state index in [2.05, 4.69) is 115 Å². The molecule has 3 aliphatic rings. The fraction of sp³-hybridized carbons (Fsp3) is 0.478. The van der Waals surface area contributed by atoms with Gasteiger partial charge in [-0.05, 0) is 68.2 Å². The van der Waals surface area contributed by atoms with Crippen LogP contribution in [0.15, 0.2) is 74.0 Å². The zero-order valence-electron chi connectivity index (χ0n) is 33.6. The molecule has 12 rings (SSSR count). The van der Waals surface area contributed by atoms with Crippen LogP contribution in [-0.4, -0.2) is 71.1 Å². The van der Waals surface area contributed by atoms with Crippen molar-refractivity contribution in [2.24, 2.45) is 17.8 Å². The maximum atomic E-state index is 4.55. The molecule has 0 aromatic carbocycles. The molecule has 3 fully saturated rings. The van der Waals surface area contributed by atoms with Crippen molar-refractivity contribution in [3.05, 3.63) is 91.1 Å². The van der Waals surface area contributed by atoms with E-state index in [0.29, 0.717) is 23.7 Å². The Hall–Kier alpha value is -5.27. The Morgan fingerprint density at radius 3 is 1.25 bits per heavy atom. The molecule has 13 nitrogen and oxygen atoms in total. The van der Waals surface area contributed by atoms with E-state index >= 15 is 0 Å². The topological polar surface area (TPSA) is 150 Å². The molecule has 0 radical (unpaired) electrons. The first-order chi connectivity index (χ1) is 28.1. The maximum absolute atomic E-state index is 4.55. The Morgan fingerprint density at radius 1 is 0.483 bits per heavy atom. The van der Waals surface area contributed by atoms with E-state index in [-0.39, 0.29) is 27.3 Å². The zero-order valence-corrected chi connectivity index (χ0v) is 34.4. The third-order valence-corrected chi connectivity index (χ3v) is 13.6. The molecule has 6 atom stereocenters. The molecule has 60 heavy (non-hydrogen) atoms. The fourth-order valence-electron chi connectivity index (χ4n) is 10.6. The minimum Gasteiger partial charge on any atom is -0.345 e. The lowest BCUT2D eigenvalue weighted by molar-refractivity contribution is 0.461. The van der Waals surface area contributed by atoms with Gasteiger partial charge in [0.05, 0.1) is 35.1 Å². The third kappa shape index (κ3) is 7.33. The number of H-pyrrole nitrogens is 3. The number of hydrogen-bond acceptors (Lipinski definition) is 7. The van der Waals surface area contributed by atoms with Crippen LogP contribution in [0.2, 0.25) is 0 Å². The molecule has 2 aliphatic carbocycles. The van der Waals surface area contributed by atoms with E-state index in [4.69, 9.17) is 0 Å². The first-order valence-corrected chi connectivity index (χ1v) is 21.2. The van der Waals surface area contributed by atoms with Crippen molar-refractivity contribution in [1.29, 1.82) is 0 Å². The summed E-state index contributed by atoms with van der Waals surface area (Å²) in [5, 5.41) is 3.50. The minimum absolute atomic E-state index is 0. The van der Waals surface area contributed by atoms with Crippen molar-refractivity contribution in [1.82, 2.24) is 63.4 Å². The lowest BCUT2D eigenvalue weighted by Gasteiger charge is -2.17. The SMILES string of the molecule is C.C.CC[C@@H]1CCCC1c1cnc2cnc3[nH]ccc3n12.CC[C@@H]1CCCC1c1cnc2cnc3[nH]ccc3n12.CC[C@@H]1CNCC1c1cnc2cnc3[nH]ccc3n12.Cl. The van der Waals surface area contributed by atoms with Gasteiger partial charge in [0.2, 0.25) is 0 Å². The number of halogens is 1. The van der Waals surface area contributed by atoms with E-state index in [9.17, 15) is 0 Å². The second kappa shape index (κ2) is 18.1. The summed E-state index contributed by atoms with van der Waals surface area (Å²) in [6, 6.07) is 6.26. The van der Waals surface area contributed by atoms with Gasteiger partial charge in [-0.25, -0.2) is 29.9 Å². The molecule has 9 aromatic heterocycles. The third-order valence-electron chi connectivity index (χ3n) is 13.6. The van der Waals surface area contributed by atoms with E-state index in [1.165, 1.54) is 74.9 Å². The Kier molecular flexibility index (Phi) is 13.0. The summed E-state index contributed by atoms with van der Waals surface area (Å²) in [6.45, 7) is 9.02. The number of nitrogens with one attached hydrogen (secondary N) is 4. The van der Waals surface area contributed by atoms with Crippen LogP contribution >= 0.6 is 12.4 Å². The molecule has 0 amide bonds. The molecule has 0 spiro atoms. The lowest BCUT2D eigenvalue weighted by atomic mass is 9.91. The van der Waals surface area contributed by atoms with Gasteiger partial charge in [0.25, 0.3) is 0 Å². The van der Waals surface area contributed by atoms with Crippen LogP contribution in [0.25, 0.3) is 50.4 Å². The largest absolute Gasteiger partial charge is 0.345 e. The van der Waals surface area contributed by atoms with E-state index in [1.54, 1.807) is 0 Å². The predicted octanol–water partition coefficient (Wildman–Crippen LogP) is 10.6. The first kappa shape index (κ1) is 42.8. The predicted molar refractivity (Wildman–Crippen MR) is 245 cm³/mol. The summed E-state index contributed by atoms with van der Waals surface area (Å²) < 4.78 is 6.83. The molecule has 9 aromatic rings. The first-order valence-electron chi connectivity index (χ1n) is 21.2. The van der Waals surface area contributed by atoms with Crippen LogP contribution in [-0.2, 0) is 0 Å². The molecule has 0 bridgehead atoms. The Labute approximate surface area is 358 Å². The van der Waals surface area contributed by atoms with Gasteiger partial charge < -0.3 is 20.3 Å². The summed E-state index contributed by atoms with van der Waals surface area (Å²) in [7, 11) is 0. The molecule has 1 saturated heterocycles. The van der Waals surface area contributed by atoms with Crippen molar-refractivity contribution >= 4 is 62.8 Å². The lowest BCUT2D eigenvalue weighted by Crippen LogP contribution is -2.12. The van der Waals surface area contributed by atoms with Crippen LogP contribution in [0, 0.1) is 17.8 Å². The zero-order chi connectivity index (χ0) is 38.5. The normalized spacial score (nSPS) is 22.4. The molecule has 14 heteroatoms.